The van der Waals surface area contributed by atoms with Gasteiger partial charge in [-0.2, -0.15) is 0 Å². The van der Waals surface area contributed by atoms with Gasteiger partial charge in [-0.05, 0) is 12.2 Å². The van der Waals surface area contributed by atoms with Gasteiger partial charge in [0.05, 0.1) is 5.92 Å². The van der Waals surface area contributed by atoms with Crippen molar-refractivity contribution in [2.75, 3.05) is 12.8 Å². The Labute approximate surface area is 94.9 Å². The van der Waals surface area contributed by atoms with E-state index < -0.39 is 0 Å². The van der Waals surface area contributed by atoms with Crippen molar-refractivity contribution in [1.82, 2.24) is 4.90 Å². The van der Waals surface area contributed by atoms with Crippen LogP contribution in [0.25, 0.3) is 0 Å². The van der Waals surface area contributed by atoms with E-state index in [1.165, 1.54) is 11.3 Å². The standard InChI is InChI=1S/C8H9NO2S.C3H8/c1-9-7(10)4-6-5(8(9)11)2-3-12-6;1-3-2/h4-5H,2-3H2,1H3;3H2,1-2H3. The molecular formula is C11H17NO2S. The first-order valence-electron chi connectivity index (χ1n) is 5.27. The van der Waals surface area contributed by atoms with Crippen molar-refractivity contribution in [1.29, 1.82) is 0 Å². The van der Waals surface area contributed by atoms with E-state index in [2.05, 4.69) is 13.8 Å². The first-order chi connectivity index (χ1) is 7.11. The van der Waals surface area contributed by atoms with E-state index >= 15 is 0 Å². The van der Waals surface area contributed by atoms with Crippen LogP contribution in [-0.2, 0) is 9.59 Å². The minimum Gasteiger partial charge on any atom is -0.282 e. The van der Waals surface area contributed by atoms with Crippen LogP contribution >= 0.6 is 11.8 Å². The van der Waals surface area contributed by atoms with Gasteiger partial charge >= 0.3 is 0 Å². The summed E-state index contributed by atoms with van der Waals surface area (Å²) in [5.41, 5.74) is 0. The molecule has 0 spiro atoms. The molecule has 15 heavy (non-hydrogen) atoms. The number of nitrogens with zero attached hydrogens (tertiary/aromatic N) is 1. The molecule has 1 fully saturated rings. The molecule has 2 rings (SSSR count). The Morgan fingerprint density at radius 3 is 2.67 bits per heavy atom. The zero-order valence-electron chi connectivity index (χ0n) is 9.45. The zero-order chi connectivity index (χ0) is 11.4. The molecule has 1 atom stereocenters. The first-order valence-corrected chi connectivity index (χ1v) is 6.26. The Balaban J connectivity index is 0.000000337. The zero-order valence-corrected chi connectivity index (χ0v) is 10.3. The fraction of sp³-hybridized carbons (Fsp3) is 0.636. The minimum atomic E-state index is -0.180. The third-order valence-corrected chi connectivity index (χ3v) is 3.42. The number of amides is 2. The second-order valence-electron chi connectivity index (χ2n) is 3.68. The largest absolute Gasteiger partial charge is 0.282 e. The van der Waals surface area contributed by atoms with E-state index in [0.717, 1.165) is 17.1 Å². The number of hydrogen-bond acceptors (Lipinski definition) is 3. The molecule has 0 aliphatic carbocycles. The molecule has 0 aromatic rings. The second-order valence-corrected chi connectivity index (χ2v) is 4.85. The highest BCUT2D eigenvalue weighted by Gasteiger charge is 2.36. The van der Waals surface area contributed by atoms with Crippen LogP contribution < -0.4 is 0 Å². The highest BCUT2D eigenvalue weighted by molar-refractivity contribution is 8.03. The van der Waals surface area contributed by atoms with Crippen molar-refractivity contribution >= 4 is 23.6 Å². The average molecular weight is 227 g/mol. The van der Waals surface area contributed by atoms with E-state index in [9.17, 15) is 9.59 Å². The number of fused-ring (bicyclic) bond motifs is 1. The second kappa shape index (κ2) is 5.35. The number of likely N-dealkylation sites (N-methyl/N-ethyl adjacent to an activating group) is 1. The van der Waals surface area contributed by atoms with E-state index in [1.807, 2.05) is 0 Å². The third kappa shape index (κ3) is 2.62. The van der Waals surface area contributed by atoms with Gasteiger partial charge in [-0.15, -0.1) is 11.8 Å². The fourth-order valence-corrected chi connectivity index (χ4v) is 2.68. The molecule has 4 heteroatoms. The summed E-state index contributed by atoms with van der Waals surface area (Å²) in [4.78, 5) is 24.8. The summed E-state index contributed by atoms with van der Waals surface area (Å²) in [6.07, 6.45) is 3.72. The van der Waals surface area contributed by atoms with Crippen molar-refractivity contribution in [3.8, 4) is 0 Å². The molecule has 0 saturated carbocycles. The lowest BCUT2D eigenvalue weighted by molar-refractivity contribution is -0.143. The smallest absolute Gasteiger partial charge is 0.253 e. The Bertz CT molecular complexity index is 299. The number of carbonyl (C=O) groups excluding carboxylic acids is 2. The summed E-state index contributed by atoms with van der Waals surface area (Å²) in [5, 5.41) is 0. The normalized spacial score (nSPS) is 24.3. The molecule has 1 saturated heterocycles. The van der Waals surface area contributed by atoms with Crippen LogP contribution in [0.1, 0.15) is 26.7 Å². The molecule has 0 N–H and O–H groups in total. The van der Waals surface area contributed by atoms with Gasteiger partial charge in [0.25, 0.3) is 5.91 Å². The summed E-state index contributed by atoms with van der Waals surface area (Å²) in [6.45, 7) is 4.25. The molecule has 0 aromatic carbocycles. The van der Waals surface area contributed by atoms with Crippen molar-refractivity contribution < 1.29 is 9.59 Å². The fourth-order valence-electron chi connectivity index (χ4n) is 1.49. The number of imide groups is 1. The quantitative estimate of drug-likeness (QED) is 0.594. The molecule has 0 radical (unpaired) electrons. The molecule has 0 bridgehead atoms. The van der Waals surface area contributed by atoms with Crippen molar-refractivity contribution in [2.24, 2.45) is 5.92 Å². The van der Waals surface area contributed by atoms with Crippen LogP contribution in [0.15, 0.2) is 11.0 Å². The summed E-state index contributed by atoms with van der Waals surface area (Å²) < 4.78 is 0. The summed E-state index contributed by atoms with van der Waals surface area (Å²) in [7, 11) is 1.54. The molecule has 2 amide bonds. The highest BCUT2D eigenvalue weighted by Crippen LogP contribution is 2.39. The topological polar surface area (TPSA) is 37.4 Å². The Morgan fingerprint density at radius 1 is 1.47 bits per heavy atom. The first kappa shape index (κ1) is 12.3. The van der Waals surface area contributed by atoms with Crippen molar-refractivity contribution in [2.45, 2.75) is 26.7 Å². The van der Waals surface area contributed by atoms with Crippen molar-refractivity contribution in [3.05, 3.63) is 11.0 Å². The summed E-state index contributed by atoms with van der Waals surface area (Å²) in [6, 6.07) is 0. The Hall–Kier alpha value is -0.770. The van der Waals surface area contributed by atoms with E-state index in [-0.39, 0.29) is 17.7 Å². The molecular weight excluding hydrogens is 210 g/mol. The van der Waals surface area contributed by atoms with Crippen LogP contribution in [0.5, 0.6) is 0 Å². The summed E-state index contributed by atoms with van der Waals surface area (Å²) >= 11 is 1.63. The molecule has 2 aliphatic heterocycles. The van der Waals surface area contributed by atoms with Gasteiger partial charge in [0.2, 0.25) is 5.91 Å². The van der Waals surface area contributed by atoms with Gasteiger partial charge < -0.3 is 0 Å². The lowest BCUT2D eigenvalue weighted by Gasteiger charge is -2.23. The number of thioether (sulfide) groups is 1. The lowest BCUT2D eigenvalue weighted by atomic mass is 10.0. The maximum Gasteiger partial charge on any atom is 0.253 e. The van der Waals surface area contributed by atoms with Gasteiger partial charge in [0, 0.05) is 18.0 Å². The van der Waals surface area contributed by atoms with E-state index in [0.29, 0.717) is 0 Å². The van der Waals surface area contributed by atoms with Crippen molar-refractivity contribution in [3.63, 3.8) is 0 Å². The SMILES string of the molecule is CCC.CN1C(=O)C=C2SCCC2C1=O. The van der Waals surface area contributed by atoms with Crippen LogP contribution in [0, 0.1) is 5.92 Å². The number of rotatable bonds is 0. The van der Waals surface area contributed by atoms with Gasteiger partial charge in [-0.25, -0.2) is 0 Å². The van der Waals surface area contributed by atoms with Gasteiger partial charge in [0.1, 0.15) is 0 Å². The number of carbonyl (C=O) groups is 2. The Kier molecular flexibility index (Phi) is 4.39. The molecule has 2 aliphatic rings. The molecule has 3 nitrogen and oxygen atoms in total. The highest BCUT2D eigenvalue weighted by atomic mass is 32.2. The monoisotopic (exact) mass is 227 g/mol. The predicted molar refractivity (Wildman–Crippen MR) is 62.4 cm³/mol. The maximum atomic E-state index is 11.5. The molecule has 1 unspecified atom stereocenters. The van der Waals surface area contributed by atoms with Crippen LogP contribution in [0.2, 0.25) is 0 Å². The summed E-state index contributed by atoms with van der Waals surface area (Å²) in [5.74, 6) is 0.726. The van der Waals surface area contributed by atoms with Gasteiger partial charge in [-0.1, -0.05) is 20.3 Å². The lowest BCUT2D eigenvalue weighted by Crippen LogP contribution is -2.39. The van der Waals surface area contributed by atoms with Gasteiger partial charge in [0.15, 0.2) is 0 Å². The maximum absolute atomic E-state index is 11.5. The van der Waals surface area contributed by atoms with Crippen LogP contribution in [-0.4, -0.2) is 29.5 Å². The predicted octanol–water partition coefficient (Wildman–Crippen LogP) is 2.04. The average Bonchev–Trinajstić information content (AvgIpc) is 2.63. The Morgan fingerprint density at radius 2 is 2.07 bits per heavy atom. The third-order valence-electron chi connectivity index (χ3n) is 2.24. The number of hydrogen-bond donors (Lipinski definition) is 0. The molecule has 2 heterocycles. The minimum absolute atomic E-state index is 0.0160. The van der Waals surface area contributed by atoms with E-state index in [4.69, 9.17) is 0 Å². The molecule has 0 aromatic heterocycles. The molecule has 84 valence electrons. The van der Waals surface area contributed by atoms with E-state index in [1.54, 1.807) is 24.9 Å². The van der Waals surface area contributed by atoms with Crippen LogP contribution in [0.4, 0.5) is 0 Å². The van der Waals surface area contributed by atoms with Crippen LogP contribution in [0.3, 0.4) is 0 Å². The van der Waals surface area contributed by atoms with Gasteiger partial charge in [-0.3, -0.25) is 14.5 Å².